The van der Waals surface area contributed by atoms with Crippen LogP contribution >= 0.6 is 0 Å². The molecule has 5 nitrogen and oxygen atoms in total. The first kappa shape index (κ1) is 24.5. The summed E-state index contributed by atoms with van der Waals surface area (Å²) in [5, 5.41) is 0. The van der Waals surface area contributed by atoms with Crippen LogP contribution in [-0.2, 0) is 19.6 Å². The standard InChI is InChI=1S/C26H35NO4S/c1-4-6-7-11-14-23-24(21-12-9-8-10-13-21)19-27(25(23)26(28)31-5-2)32(29,30)22-17-15-20(3)16-18-22/h8-10,12-13,15-18,23-25H,4-7,11,14,19H2,1-3H3/t23-,24-,25-/m1/s1. The number of nitrogens with zero attached hydrogens (tertiary/aromatic N) is 1. The summed E-state index contributed by atoms with van der Waals surface area (Å²) < 4.78 is 34.2. The number of aryl methyl sites for hydroxylation is 1. The van der Waals surface area contributed by atoms with Crippen LogP contribution in [-0.4, -0.2) is 37.9 Å². The van der Waals surface area contributed by atoms with Crippen molar-refractivity contribution in [2.24, 2.45) is 5.92 Å². The van der Waals surface area contributed by atoms with Crippen LogP contribution in [0, 0.1) is 12.8 Å². The number of ether oxygens (including phenoxy) is 1. The van der Waals surface area contributed by atoms with Crippen LogP contribution in [0.4, 0.5) is 0 Å². The summed E-state index contributed by atoms with van der Waals surface area (Å²) in [6.45, 7) is 6.36. The van der Waals surface area contributed by atoms with Gasteiger partial charge in [-0.3, -0.25) is 4.79 Å². The maximum absolute atomic E-state index is 13.7. The van der Waals surface area contributed by atoms with Crippen LogP contribution in [0.5, 0.6) is 0 Å². The van der Waals surface area contributed by atoms with Crippen LogP contribution in [0.15, 0.2) is 59.5 Å². The van der Waals surface area contributed by atoms with E-state index in [9.17, 15) is 13.2 Å². The first-order chi connectivity index (χ1) is 15.4. The van der Waals surface area contributed by atoms with E-state index >= 15 is 0 Å². The molecule has 2 aromatic carbocycles. The SMILES string of the molecule is CCCCCC[C@@H]1[C@@H](c2ccccc2)CN(S(=O)(=O)c2ccc(C)cc2)[C@H]1C(=O)OCC. The Hall–Kier alpha value is -2.18. The van der Waals surface area contributed by atoms with Gasteiger partial charge in [0.2, 0.25) is 10.0 Å². The number of esters is 1. The molecule has 1 aliphatic heterocycles. The fourth-order valence-electron chi connectivity index (χ4n) is 4.71. The lowest BCUT2D eigenvalue weighted by molar-refractivity contribution is -0.148. The van der Waals surface area contributed by atoms with E-state index in [1.807, 2.05) is 37.3 Å². The van der Waals surface area contributed by atoms with Crippen molar-refractivity contribution in [3.8, 4) is 0 Å². The van der Waals surface area contributed by atoms with Gasteiger partial charge in [0, 0.05) is 12.5 Å². The quantitative estimate of drug-likeness (QED) is 0.359. The lowest BCUT2D eigenvalue weighted by atomic mass is 9.82. The Balaban J connectivity index is 2.02. The summed E-state index contributed by atoms with van der Waals surface area (Å²) >= 11 is 0. The summed E-state index contributed by atoms with van der Waals surface area (Å²) in [6, 6.07) is 16.0. The zero-order chi connectivity index (χ0) is 23.1. The lowest BCUT2D eigenvalue weighted by Crippen LogP contribution is -2.44. The van der Waals surface area contributed by atoms with Crippen molar-refractivity contribution in [3.05, 3.63) is 65.7 Å². The van der Waals surface area contributed by atoms with Crippen LogP contribution < -0.4 is 0 Å². The van der Waals surface area contributed by atoms with Gasteiger partial charge in [0.05, 0.1) is 11.5 Å². The van der Waals surface area contributed by atoms with Gasteiger partial charge < -0.3 is 4.74 Å². The number of unbranched alkanes of at least 4 members (excludes halogenated alkanes) is 3. The molecule has 3 rings (SSSR count). The van der Waals surface area contributed by atoms with E-state index in [1.54, 1.807) is 31.2 Å². The first-order valence-corrected chi connectivity index (χ1v) is 13.1. The van der Waals surface area contributed by atoms with E-state index in [-0.39, 0.29) is 29.9 Å². The largest absolute Gasteiger partial charge is 0.465 e. The van der Waals surface area contributed by atoms with Gasteiger partial charge in [-0.2, -0.15) is 4.31 Å². The van der Waals surface area contributed by atoms with Gasteiger partial charge in [0.1, 0.15) is 6.04 Å². The van der Waals surface area contributed by atoms with Crippen LogP contribution in [0.3, 0.4) is 0 Å². The van der Waals surface area contributed by atoms with Crippen molar-refractivity contribution in [2.75, 3.05) is 13.2 Å². The number of sulfonamides is 1. The molecule has 0 N–H and O–H groups in total. The third-order valence-corrected chi connectivity index (χ3v) is 8.25. The fraction of sp³-hybridized carbons (Fsp3) is 0.500. The van der Waals surface area contributed by atoms with E-state index in [0.29, 0.717) is 0 Å². The monoisotopic (exact) mass is 457 g/mol. The molecule has 0 radical (unpaired) electrons. The average Bonchev–Trinajstić information content (AvgIpc) is 3.18. The van der Waals surface area contributed by atoms with E-state index in [4.69, 9.17) is 4.74 Å². The molecule has 1 saturated heterocycles. The van der Waals surface area contributed by atoms with Crippen LogP contribution in [0.25, 0.3) is 0 Å². The van der Waals surface area contributed by atoms with Crippen molar-refractivity contribution in [1.82, 2.24) is 4.31 Å². The average molecular weight is 458 g/mol. The normalized spacial score (nSPS) is 21.5. The number of carbonyl (C=O) groups excluding carboxylic acids is 1. The molecule has 0 bridgehead atoms. The fourth-order valence-corrected chi connectivity index (χ4v) is 6.36. The molecule has 0 saturated carbocycles. The van der Waals surface area contributed by atoms with Gasteiger partial charge >= 0.3 is 5.97 Å². The summed E-state index contributed by atoms with van der Waals surface area (Å²) in [4.78, 5) is 13.4. The molecule has 0 aromatic heterocycles. The Bertz CT molecular complexity index is 973. The second kappa shape index (κ2) is 11.1. The molecular formula is C26H35NO4S. The molecule has 0 aliphatic carbocycles. The highest BCUT2D eigenvalue weighted by Crippen LogP contribution is 2.43. The number of carbonyl (C=O) groups is 1. The van der Waals surface area contributed by atoms with Crippen molar-refractivity contribution < 1.29 is 17.9 Å². The third-order valence-electron chi connectivity index (χ3n) is 6.38. The number of hydrogen-bond donors (Lipinski definition) is 0. The Kier molecular flexibility index (Phi) is 8.49. The molecule has 0 amide bonds. The molecule has 2 aromatic rings. The Morgan fingerprint density at radius 3 is 2.31 bits per heavy atom. The van der Waals surface area contributed by atoms with E-state index < -0.39 is 22.0 Å². The lowest BCUT2D eigenvalue weighted by Gasteiger charge is -2.26. The van der Waals surface area contributed by atoms with E-state index in [1.165, 1.54) is 4.31 Å². The first-order valence-electron chi connectivity index (χ1n) is 11.7. The highest BCUT2D eigenvalue weighted by Gasteiger charge is 2.51. The summed E-state index contributed by atoms with van der Waals surface area (Å²) in [5.74, 6) is -0.608. The number of benzene rings is 2. The molecule has 1 heterocycles. The highest BCUT2D eigenvalue weighted by atomic mass is 32.2. The van der Waals surface area contributed by atoms with Gasteiger partial charge in [-0.15, -0.1) is 0 Å². The summed E-state index contributed by atoms with van der Waals surface area (Å²) in [7, 11) is -3.84. The third kappa shape index (κ3) is 5.41. The predicted molar refractivity (Wildman–Crippen MR) is 127 cm³/mol. The minimum atomic E-state index is -3.84. The van der Waals surface area contributed by atoms with Gasteiger partial charge in [-0.25, -0.2) is 8.42 Å². The van der Waals surface area contributed by atoms with Crippen molar-refractivity contribution in [3.63, 3.8) is 0 Å². The second-order valence-corrected chi connectivity index (χ2v) is 10.5. The van der Waals surface area contributed by atoms with Crippen LogP contribution in [0.1, 0.15) is 63.0 Å². The Morgan fingerprint density at radius 1 is 1.00 bits per heavy atom. The minimum absolute atomic E-state index is 0.0487. The van der Waals surface area contributed by atoms with Crippen molar-refractivity contribution >= 4 is 16.0 Å². The van der Waals surface area contributed by atoms with Gasteiger partial charge in [-0.05, 0) is 43.9 Å². The van der Waals surface area contributed by atoms with Gasteiger partial charge in [0.15, 0.2) is 0 Å². The predicted octanol–water partition coefficient (Wildman–Crippen LogP) is 5.30. The van der Waals surface area contributed by atoms with Crippen LogP contribution in [0.2, 0.25) is 0 Å². The maximum Gasteiger partial charge on any atom is 0.324 e. The minimum Gasteiger partial charge on any atom is -0.465 e. The molecule has 1 fully saturated rings. The van der Waals surface area contributed by atoms with Crippen molar-refractivity contribution in [2.45, 2.75) is 69.7 Å². The highest BCUT2D eigenvalue weighted by molar-refractivity contribution is 7.89. The van der Waals surface area contributed by atoms with Gasteiger partial charge in [0.25, 0.3) is 0 Å². The summed E-state index contributed by atoms with van der Waals surface area (Å²) in [5.41, 5.74) is 2.06. The Labute approximate surface area is 192 Å². The topological polar surface area (TPSA) is 63.7 Å². The number of hydrogen-bond acceptors (Lipinski definition) is 4. The summed E-state index contributed by atoms with van der Waals surface area (Å²) in [6.07, 6.45) is 5.11. The molecule has 174 valence electrons. The second-order valence-electron chi connectivity index (χ2n) is 8.62. The smallest absolute Gasteiger partial charge is 0.324 e. The maximum atomic E-state index is 13.7. The zero-order valence-corrected chi connectivity index (χ0v) is 20.2. The van der Waals surface area contributed by atoms with E-state index in [0.717, 1.165) is 43.2 Å². The molecule has 0 spiro atoms. The number of rotatable bonds is 10. The molecule has 0 unspecified atom stereocenters. The van der Waals surface area contributed by atoms with E-state index in [2.05, 4.69) is 6.92 Å². The Morgan fingerprint density at radius 2 is 1.69 bits per heavy atom. The molecule has 32 heavy (non-hydrogen) atoms. The molecule has 6 heteroatoms. The molecule has 1 aliphatic rings. The molecular weight excluding hydrogens is 422 g/mol. The van der Waals surface area contributed by atoms with Crippen molar-refractivity contribution in [1.29, 1.82) is 0 Å². The zero-order valence-electron chi connectivity index (χ0n) is 19.4. The van der Waals surface area contributed by atoms with Gasteiger partial charge in [-0.1, -0.05) is 80.6 Å². The molecule has 3 atom stereocenters.